The second-order valence-corrected chi connectivity index (χ2v) is 16.7. The number of alkyl halides is 3. The zero-order valence-electron chi connectivity index (χ0n) is 24.3. The molecule has 0 aromatic carbocycles. The molecule has 9 nitrogen and oxygen atoms in total. The van der Waals surface area contributed by atoms with E-state index in [0.717, 1.165) is 12.3 Å². The molecule has 3 atom stereocenters. The molecule has 1 aliphatic rings. The van der Waals surface area contributed by atoms with Gasteiger partial charge in [-0.1, -0.05) is 40.5 Å². The summed E-state index contributed by atoms with van der Waals surface area (Å²) >= 11 is 0. The summed E-state index contributed by atoms with van der Waals surface area (Å²) in [5.74, 6) is 4.52. The van der Waals surface area contributed by atoms with Crippen molar-refractivity contribution in [1.82, 2.24) is 9.13 Å². The minimum absolute atomic E-state index is 0.0399. The van der Waals surface area contributed by atoms with E-state index in [1.807, 2.05) is 26.9 Å². The van der Waals surface area contributed by atoms with E-state index in [1.165, 1.54) is 6.07 Å². The number of aromatic nitrogens is 2. The van der Waals surface area contributed by atoms with Gasteiger partial charge in [0, 0.05) is 19.0 Å². The number of hydrogen-bond donors (Lipinski definition) is 0. The summed E-state index contributed by atoms with van der Waals surface area (Å²) in [5.41, 5.74) is -4.79. The predicted octanol–water partition coefficient (Wildman–Crippen LogP) is 5.05. The summed E-state index contributed by atoms with van der Waals surface area (Å²) in [6, 6.07) is 2.45. The van der Waals surface area contributed by atoms with Crippen LogP contribution >= 0.6 is 0 Å². The van der Waals surface area contributed by atoms with E-state index >= 15 is 0 Å². The minimum atomic E-state index is -5.15. The molecule has 2 aromatic rings. The van der Waals surface area contributed by atoms with Gasteiger partial charge in [0.2, 0.25) is 0 Å². The standard InChI is InChI=1S/C28H37F3N2O7Si/c1-18(2)11-8-9-13-38-21-15-23(40-22(21)17-39-41(6,7)27(3,4)5)32-16-19(28(29,30)31)24(34)33(26(32)36)25(35)20-12-10-14-37-20/h10,12,14,16,18,21-23H,11,13,15,17H2,1-7H3/t21-,22+,23+/m0/s1. The Kier molecular flexibility index (Phi) is 9.95. The molecule has 0 bridgehead atoms. The van der Waals surface area contributed by atoms with Crippen molar-refractivity contribution in [2.75, 3.05) is 13.2 Å². The van der Waals surface area contributed by atoms with Crippen LogP contribution in [-0.4, -0.2) is 48.8 Å². The van der Waals surface area contributed by atoms with E-state index in [1.54, 1.807) is 0 Å². The highest BCUT2D eigenvalue weighted by molar-refractivity contribution is 6.74. The van der Waals surface area contributed by atoms with Crippen molar-refractivity contribution in [3.8, 4) is 11.8 Å². The molecule has 226 valence electrons. The SMILES string of the molecule is CC(C)CC#CCO[C@H]1C[C@H](n2cc(C(F)(F)F)c(=O)n(C(=O)c3ccco3)c2=O)O[C@@H]1CO[Si](C)(C)C(C)(C)C. The second kappa shape index (κ2) is 12.5. The molecule has 0 radical (unpaired) electrons. The zero-order valence-corrected chi connectivity index (χ0v) is 25.3. The average Bonchev–Trinajstić information content (AvgIpc) is 3.51. The van der Waals surface area contributed by atoms with Gasteiger partial charge < -0.3 is 18.3 Å². The third-order valence-corrected chi connectivity index (χ3v) is 11.8. The minimum Gasteiger partial charge on any atom is -0.459 e. The highest BCUT2D eigenvalue weighted by Gasteiger charge is 2.44. The first kappa shape index (κ1) is 32.6. The lowest BCUT2D eigenvalue weighted by Gasteiger charge is -2.37. The third kappa shape index (κ3) is 7.68. The summed E-state index contributed by atoms with van der Waals surface area (Å²) in [4.78, 5) is 38.9. The summed E-state index contributed by atoms with van der Waals surface area (Å²) in [6.45, 7) is 14.5. The van der Waals surface area contributed by atoms with Crippen molar-refractivity contribution in [1.29, 1.82) is 0 Å². The van der Waals surface area contributed by atoms with Crippen LogP contribution in [0.15, 0.2) is 38.6 Å². The van der Waals surface area contributed by atoms with E-state index in [9.17, 15) is 27.6 Å². The molecule has 1 saturated heterocycles. The lowest BCUT2D eigenvalue weighted by Crippen LogP contribution is -2.47. The van der Waals surface area contributed by atoms with Gasteiger partial charge in [0.1, 0.15) is 24.5 Å². The molecule has 0 amide bonds. The first-order valence-corrected chi connectivity index (χ1v) is 16.2. The van der Waals surface area contributed by atoms with Crippen LogP contribution in [0.3, 0.4) is 0 Å². The van der Waals surface area contributed by atoms with Crippen LogP contribution in [-0.2, 0) is 20.1 Å². The number of carbonyl (C=O) groups excluding carboxylic acids is 1. The Morgan fingerprint density at radius 3 is 2.44 bits per heavy atom. The van der Waals surface area contributed by atoms with Gasteiger partial charge in [-0.15, -0.1) is 5.92 Å². The molecule has 2 aromatic heterocycles. The van der Waals surface area contributed by atoms with Crippen LogP contribution in [0, 0.1) is 17.8 Å². The fourth-order valence-electron chi connectivity index (χ4n) is 3.84. The van der Waals surface area contributed by atoms with Crippen LogP contribution in [0.1, 0.15) is 69.8 Å². The smallest absolute Gasteiger partial charge is 0.423 e. The topological polar surface area (TPSA) is 102 Å². The van der Waals surface area contributed by atoms with Gasteiger partial charge in [0.15, 0.2) is 14.1 Å². The fraction of sp³-hybridized carbons (Fsp3) is 0.607. The maximum absolute atomic E-state index is 13.9. The molecule has 0 unspecified atom stereocenters. The van der Waals surface area contributed by atoms with Gasteiger partial charge in [-0.05, 0) is 36.2 Å². The summed E-state index contributed by atoms with van der Waals surface area (Å²) < 4.78 is 65.4. The number of halogens is 3. The summed E-state index contributed by atoms with van der Waals surface area (Å²) in [5, 5.41) is -0.121. The molecule has 3 heterocycles. The molecule has 3 rings (SSSR count). The molecular formula is C28H37F3N2O7Si. The number of hydrogen-bond acceptors (Lipinski definition) is 7. The molecule has 1 fully saturated rings. The first-order chi connectivity index (χ1) is 18.9. The Labute approximate surface area is 237 Å². The van der Waals surface area contributed by atoms with E-state index < -0.39 is 61.4 Å². The Morgan fingerprint density at radius 1 is 1.20 bits per heavy atom. The molecular weight excluding hydrogens is 561 g/mol. The van der Waals surface area contributed by atoms with Crippen molar-refractivity contribution in [2.45, 2.75) is 90.2 Å². The number of nitrogens with zero attached hydrogens (tertiary/aromatic N) is 2. The number of rotatable bonds is 8. The van der Waals surface area contributed by atoms with E-state index in [0.29, 0.717) is 23.1 Å². The van der Waals surface area contributed by atoms with Crippen molar-refractivity contribution in [3.63, 3.8) is 0 Å². The van der Waals surface area contributed by atoms with Gasteiger partial charge in [-0.3, -0.25) is 14.2 Å². The number of furan rings is 1. The highest BCUT2D eigenvalue weighted by atomic mass is 28.4. The molecule has 0 aliphatic carbocycles. The van der Waals surface area contributed by atoms with Crippen LogP contribution in [0.5, 0.6) is 0 Å². The van der Waals surface area contributed by atoms with Crippen LogP contribution in [0.4, 0.5) is 13.2 Å². The van der Waals surface area contributed by atoms with Crippen molar-refractivity contribution in [3.05, 3.63) is 56.8 Å². The van der Waals surface area contributed by atoms with Crippen molar-refractivity contribution < 1.29 is 36.3 Å². The van der Waals surface area contributed by atoms with Gasteiger partial charge >= 0.3 is 17.8 Å². The quantitative estimate of drug-likeness (QED) is 0.309. The molecule has 13 heteroatoms. The molecule has 41 heavy (non-hydrogen) atoms. The van der Waals surface area contributed by atoms with Crippen LogP contribution < -0.4 is 11.2 Å². The highest BCUT2D eigenvalue weighted by Crippen LogP contribution is 2.38. The third-order valence-electron chi connectivity index (χ3n) is 7.26. The predicted molar refractivity (Wildman–Crippen MR) is 147 cm³/mol. The van der Waals surface area contributed by atoms with E-state index in [-0.39, 0.29) is 29.2 Å². The first-order valence-electron chi connectivity index (χ1n) is 13.3. The van der Waals surface area contributed by atoms with Crippen molar-refractivity contribution in [2.24, 2.45) is 5.92 Å². The normalized spacial score (nSPS) is 19.8. The lowest BCUT2D eigenvalue weighted by molar-refractivity contribution is -0.139. The maximum Gasteiger partial charge on any atom is 0.423 e. The Balaban J connectivity index is 2.00. The van der Waals surface area contributed by atoms with E-state index in [4.69, 9.17) is 18.3 Å². The number of carbonyl (C=O) groups is 1. The van der Waals surface area contributed by atoms with Crippen LogP contribution in [0.2, 0.25) is 18.1 Å². The molecule has 1 aliphatic heterocycles. The van der Waals surface area contributed by atoms with Gasteiger partial charge in [0.05, 0.1) is 19.0 Å². The fourth-order valence-corrected chi connectivity index (χ4v) is 4.86. The lowest BCUT2D eigenvalue weighted by atomic mass is 10.1. The number of ether oxygens (including phenoxy) is 2. The maximum atomic E-state index is 13.9. The van der Waals surface area contributed by atoms with Crippen molar-refractivity contribution >= 4 is 14.2 Å². The summed E-state index contributed by atoms with van der Waals surface area (Å²) in [7, 11) is -2.25. The van der Waals surface area contributed by atoms with E-state index in [2.05, 4.69) is 32.6 Å². The monoisotopic (exact) mass is 598 g/mol. The largest absolute Gasteiger partial charge is 0.459 e. The van der Waals surface area contributed by atoms with Gasteiger partial charge in [-0.2, -0.15) is 17.7 Å². The molecule has 0 N–H and O–H groups in total. The zero-order chi connectivity index (χ0) is 30.8. The summed E-state index contributed by atoms with van der Waals surface area (Å²) in [6.07, 6.45) is -5.73. The van der Waals surface area contributed by atoms with Gasteiger partial charge in [-0.25, -0.2) is 4.79 Å². The Bertz CT molecular complexity index is 1390. The van der Waals surface area contributed by atoms with Crippen LogP contribution in [0.25, 0.3) is 0 Å². The van der Waals surface area contributed by atoms with Gasteiger partial charge in [0.25, 0.3) is 5.56 Å². The molecule has 0 spiro atoms. The Morgan fingerprint density at radius 2 is 1.88 bits per heavy atom. The second-order valence-electron chi connectivity index (χ2n) is 11.9. The molecule has 0 saturated carbocycles. The Hall–Kier alpha value is -2.92. The average molecular weight is 599 g/mol.